The van der Waals surface area contributed by atoms with Gasteiger partial charge in [0, 0.05) is 7.05 Å². The monoisotopic (exact) mass is 178 g/mol. The largest absolute Gasteiger partial charge is 0.252 e. The van der Waals surface area contributed by atoms with Crippen molar-refractivity contribution in [1.29, 1.82) is 5.26 Å². The highest BCUT2D eigenvalue weighted by Crippen LogP contribution is 2.22. The van der Waals surface area contributed by atoms with Crippen LogP contribution in [0.4, 0.5) is 0 Å². The number of nitriles is 1. The minimum atomic E-state index is -0.175. The highest BCUT2D eigenvalue weighted by atomic mass is 15.4. The van der Waals surface area contributed by atoms with Gasteiger partial charge in [-0.3, -0.25) is 4.68 Å². The maximum atomic E-state index is 8.78. The number of aromatic nitrogens is 3. The molecule has 0 aliphatic rings. The van der Waals surface area contributed by atoms with E-state index in [1.54, 1.807) is 4.68 Å². The van der Waals surface area contributed by atoms with Gasteiger partial charge in [0.15, 0.2) is 0 Å². The van der Waals surface area contributed by atoms with Crippen LogP contribution in [0.3, 0.4) is 0 Å². The van der Waals surface area contributed by atoms with Crippen molar-refractivity contribution in [3.05, 3.63) is 11.4 Å². The van der Waals surface area contributed by atoms with Crippen LogP contribution in [0.15, 0.2) is 0 Å². The van der Waals surface area contributed by atoms with Crippen LogP contribution in [0.5, 0.6) is 0 Å². The van der Waals surface area contributed by atoms with Gasteiger partial charge in [-0.05, 0) is 12.8 Å². The minimum Gasteiger partial charge on any atom is -0.252 e. The summed E-state index contributed by atoms with van der Waals surface area (Å²) in [5, 5.41) is 16.7. The van der Waals surface area contributed by atoms with Gasteiger partial charge in [0.25, 0.3) is 0 Å². The van der Waals surface area contributed by atoms with E-state index in [2.05, 4.69) is 30.2 Å². The minimum absolute atomic E-state index is 0.175. The van der Waals surface area contributed by atoms with E-state index < -0.39 is 0 Å². The average Bonchev–Trinajstić information content (AvgIpc) is 2.45. The maximum Gasteiger partial charge on any atom is 0.103 e. The van der Waals surface area contributed by atoms with Gasteiger partial charge in [-0.25, -0.2) is 0 Å². The predicted octanol–water partition coefficient (Wildman–Crippen LogP) is 1.57. The molecular weight excluding hydrogens is 164 g/mol. The van der Waals surface area contributed by atoms with Gasteiger partial charge in [0.1, 0.15) is 5.69 Å². The number of nitrogens with zero attached hydrogens (tertiary/aromatic N) is 4. The van der Waals surface area contributed by atoms with E-state index in [1.165, 1.54) is 0 Å². The molecule has 4 heteroatoms. The molecule has 0 saturated carbocycles. The molecule has 0 N–H and O–H groups in total. The lowest BCUT2D eigenvalue weighted by Gasteiger charge is -2.07. The van der Waals surface area contributed by atoms with Gasteiger partial charge in [0.05, 0.1) is 17.7 Å². The van der Waals surface area contributed by atoms with Crippen LogP contribution in [0, 0.1) is 11.3 Å². The lowest BCUT2D eigenvalue weighted by atomic mass is 10.0. The topological polar surface area (TPSA) is 54.5 Å². The number of rotatable bonds is 2. The number of hydrogen-bond acceptors (Lipinski definition) is 3. The van der Waals surface area contributed by atoms with Crippen LogP contribution in [0.1, 0.15) is 44.0 Å². The molecule has 1 aromatic heterocycles. The SMILES string of the molecule is CC(C)c1c(C(C)C#N)nnn1C. The molecule has 1 aromatic rings. The molecule has 1 heterocycles. The Bertz CT molecular complexity index is 332. The zero-order chi connectivity index (χ0) is 10.0. The van der Waals surface area contributed by atoms with E-state index in [4.69, 9.17) is 5.26 Å². The third kappa shape index (κ3) is 1.69. The second-order valence-electron chi connectivity index (χ2n) is 3.49. The first-order valence-electron chi connectivity index (χ1n) is 4.37. The second kappa shape index (κ2) is 3.56. The first-order chi connectivity index (χ1) is 6.07. The van der Waals surface area contributed by atoms with Crippen molar-refractivity contribution in [2.45, 2.75) is 32.6 Å². The molecule has 0 aliphatic heterocycles. The molecule has 0 radical (unpaired) electrons. The zero-order valence-electron chi connectivity index (χ0n) is 8.44. The van der Waals surface area contributed by atoms with Gasteiger partial charge in [-0.2, -0.15) is 5.26 Å². The summed E-state index contributed by atoms with van der Waals surface area (Å²) < 4.78 is 1.74. The van der Waals surface area contributed by atoms with Crippen LogP contribution in [0.25, 0.3) is 0 Å². The van der Waals surface area contributed by atoms with E-state index in [0.29, 0.717) is 5.92 Å². The van der Waals surface area contributed by atoms with E-state index in [0.717, 1.165) is 11.4 Å². The van der Waals surface area contributed by atoms with Crippen molar-refractivity contribution in [2.75, 3.05) is 0 Å². The quantitative estimate of drug-likeness (QED) is 0.690. The Morgan fingerprint density at radius 2 is 2.00 bits per heavy atom. The van der Waals surface area contributed by atoms with Crippen molar-refractivity contribution < 1.29 is 0 Å². The molecule has 1 rings (SSSR count). The van der Waals surface area contributed by atoms with Crippen molar-refractivity contribution in [3.8, 4) is 6.07 Å². The molecule has 13 heavy (non-hydrogen) atoms. The highest BCUT2D eigenvalue weighted by Gasteiger charge is 2.18. The van der Waals surface area contributed by atoms with Crippen molar-refractivity contribution in [1.82, 2.24) is 15.0 Å². The zero-order valence-corrected chi connectivity index (χ0v) is 8.44. The Morgan fingerprint density at radius 1 is 1.38 bits per heavy atom. The van der Waals surface area contributed by atoms with Crippen molar-refractivity contribution >= 4 is 0 Å². The summed E-state index contributed by atoms with van der Waals surface area (Å²) in [5.41, 5.74) is 1.86. The predicted molar refractivity (Wildman–Crippen MR) is 49.1 cm³/mol. The normalized spacial score (nSPS) is 12.9. The van der Waals surface area contributed by atoms with E-state index in [9.17, 15) is 0 Å². The van der Waals surface area contributed by atoms with Crippen molar-refractivity contribution in [3.63, 3.8) is 0 Å². The summed E-state index contributed by atoms with van der Waals surface area (Å²) in [7, 11) is 1.86. The molecule has 0 fully saturated rings. The van der Waals surface area contributed by atoms with E-state index in [1.807, 2.05) is 14.0 Å². The van der Waals surface area contributed by atoms with Crippen LogP contribution in [0.2, 0.25) is 0 Å². The van der Waals surface area contributed by atoms with Crippen LogP contribution in [-0.2, 0) is 7.05 Å². The molecular formula is C9H14N4. The third-order valence-electron chi connectivity index (χ3n) is 2.05. The summed E-state index contributed by atoms with van der Waals surface area (Å²) in [5.74, 6) is 0.178. The van der Waals surface area contributed by atoms with Crippen LogP contribution in [-0.4, -0.2) is 15.0 Å². The summed E-state index contributed by atoms with van der Waals surface area (Å²) in [6.07, 6.45) is 0. The fraction of sp³-hybridized carbons (Fsp3) is 0.667. The van der Waals surface area contributed by atoms with E-state index in [-0.39, 0.29) is 5.92 Å². The highest BCUT2D eigenvalue weighted by molar-refractivity contribution is 5.22. The van der Waals surface area contributed by atoms with Gasteiger partial charge in [-0.1, -0.05) is 19.1 Å². The Hall–Kier alpha value is -1.37. The number of aryl methyl sites for hydroxylation is 1. The van der Waals surface area contributed by atoms with Crippen molar-refractivity contribution in [2.24, 2.45) is 7.05 Å². The Morgan fingerprint density at radius 3 is 2.46 bits per heavy atom. The fourth-order valence-corrected chi connectivity index (χ4v) is 1.42. The lowest BCUT2D eigenvalue weighted by Crippen LogP contribution is -2.04. The Labute approximate surface area is 78.2 Å². The molecule has 0 saturated heterocycles. The maximum absolute atomic E-state index is 8.78. The first kappa shape index (κ1) is 9.72. The molecule has 70 valence electrons. The van der Waals surface area contributed by atoms with Gasteiger partial charge in [-0.15, -0.1) is 5.10 Å². The second-order valence-corrected chi connectivity index (χ2v) is 3.49. The molecule has 0 bridgehead atoms. The Kier molecular flexibility index (Phi) is 2.66. The molecule has 0 amide bonds. The number of hydrogen-bond donors (Lipinski definition) is 0. The Balaban J connectivity index is 3.16. The molecule has 0 aliphatic carbocycles. The van der Waals surface area contributed by atoms with Crippen LogP contribution < -0.4 is 0 Å². The van der Waals surface area contributed by atoms with Gasteiger partial charge >= 0.3 is 0 Å². The van der Waals surface area contributed by atoms with Crippen LogP contribution >= 0.6 is 0 Å². The average molecular weight is 178 g/mol. The summed E-state index contributed by atoms with van der Waals surface area (Å²) in [6, 6.07) is 2.17. The summed E-state index contributed by atoms with van der Waals surface area (Å²) in [4.78, 5) is 0. The summed E-state index contributed by atoms with van der Waals surface area (Å²) >= 11 is 0. The fourth-order valence-electron chi connectivity index (χ4n) is 1.42. The molecule has 1 unspecified atom stereocenters. The van der Waals surface area contributed by atoms with Gasteiger partial charge in [0.2, 0.25) is 0 Å². The smallest absolute Gasteiger partial charge is 0.103 e. The molecule has 4 nitrogen and oxygen atoms in total. The summed E-state index contributed by atoms with van der Waals surface area (Å²) in [6.45, 7) is 5.99. The van der Waals surface area contributed by atoms with Gasteiger partial charge < -0.3 is 0 Å². The van der Waals surface area contributed by atoms with E-state index >= 15 is 0 Å². The standard InChI is InChI=1S/C9H14N4/c1-6(2)9-8(7(3)5-10)11-12-13(9)4/h6-7H,1-4H3. The lowest BCUT2D eigenvalue weighted by molar-refractivity contribution is 0.647. The first-order valence-corrected chi connectivity index (χ1v) is 4.37. The molecule has 0 spiro atoms. The molecule has 0 aromatic carbocycles. The third-order valence-corrected chi connectivity index (χ3v) is 2.05. The molecule has 1 atom stereocenters.